The van der Waals surface area contributed by atoms with E-state index in [4.69, 9.17) is 0 Å². The van der Waals surface area contributed by atoms with Gasteiger partial charge in [-0.05, 0) is 30.7 Å². The lowest BCUT2D eigenvalue weighted by Crippen LogP contribution is -2.37. The van der Waals surface area contributed by atoms with Crippen molar-refractivity contribution < 1.29 is 18.0 Å². The van der Waals surface area contributed by atoms with E-state index < -0.39 is 21.8 Å². The summed E-state index contributed by atoms with van der Waals surface area (Å²) in [7, 11) is -3.25. The number of carbonyl (C=O) groups excluding carboxylic acids is 2. The van der Waals surface area contributed by atoms with Gasteiger partial charge in [-0.1, -0.05) is 6.07 Å². The Kier molecular flexibility index (Phi) is 5.83. The van der Waals surface area contributed by atoms with Crippen molar-refractivity contribution in [1.82, 2.24) is 15.0 Å². The number of hydrogen-bond donors (Lipinski definition) is 3. The molecule has 128 valence electrons. The summed E-state index contributed by atoms with van der Waals surface area (Å²) in [5, 5.41) is 5.72. The average molecular weight is 350 g/mol. The maximum Gasteiger partial charge on any atom is 0.313 e. The smallest absolute Gasteiger partial charge is 0.313 e. The van der Waals surface area contributed by atoms with Gasteiger partial charge in [-0.25, -0.2) is 13.1 Å². The molecule has 2 rings (SSSR count). The van der Waals surface area contributed by atoms with Crippen molar-refractivity contribution in [1.29, 1.82) is 0 Å². The van der Waals surface area contributed by atoms with Crippen LogP contribution < -0.4 is 15.4 Å². The van der Waals surface area contributed by atoms with Gasteiger partial charge in [0, 0.05) is 24.7 Å². The van der Waals surface area contributed by atoms with E-state index in [1.807, 2.05) is 0 Å². The van der Waals surface area contributed by atoms with Crippen LogP contribution in [0.15, 0.2) is 36.5 Å². The fraction of sp³-hybridized carbons (Fsp3) is 0.267. The highest BCUT2D eigenvalue weighted by atomic mass is 32.2. The second kappa shape index (κ2) is 7.84. The van der Waals surface area contributed by atoms with Crippen LogP contribution in [0.1, 0.15) is 6.42 Å². The molecule has 1 aromatic carbocycles. The van der Waals surface area contributed by atoms with Crippen LogP contribution in [0.25, 0.3) is 10.9 Å². The van der Waals surface area contributed by atoms with E-state index in [2.05, 4.69) is 20.3 Å². The molecule has 24 heavy (non-hydrogen) atoms. The highest BCUT2D eigenvalue weighted by molar-refractivity contribution is 7.88. The first-order valence-electron chi connectivity index (χ1n) is 7.24. The van der Waals surface area contributed by atoms with Crippen molar-refractivity contribution in [3.8, 4) is 0 Å². The Labute approximate surface area is 139 Å². The summed E-state index contributed by atoms with van der Waals surface area (Å²) in [5.74, 6) is -1.57. The number of anilines is 1. The topological polar surface area (TPSA) is 117 Å². The Bertz CT molecular complexity index is 846. The number of carbonyl (C=O) groups is 2. The molecule has 2 aromatic rings. The third kappa shape index (κ3) is 5.28. The van der Waals surface area contributed by atoms with Gasteiger partial charge in [-0.2, -0.15) is 0 Å². The number of amides is 2. The summed E-state index contributed by atoms with van der Waals surface area (Å²) in [4.78, 5) is 27.9. The first-order chi connectivity index (χ1) is 11.4. The van der Waals surface area contributed by atoms with Crippen LogP contribution in [0.5, 0.6) is 0 Å². The van der Waals surface area contributed by atoms with Gasteiger partial charge in [-0.15, -0.1) is 0 Å². The third-order valence-electron chi connectivity index (χ3n) is 3.10. The van der Waals surface area contributed by atoms with Crippen molar-refractivity contribution in [2.75, 3.05) is 24.7 Å². The van der Waals surface area contributed by atoms with E-state index >= 15 is 0 Å². The fourth-order valence-corrected chi connectivity index (χ4v) is 2.53. The number of rotatable bonds is 6. The van der Waals surface area contributed by atoms with Crippen LogP contribution >= 0.6 is 0 Å². The summed E-state index contributed by atoms with van der Waals surface area (Å²) >= 11 is 0. The van der Waals surface area contributed by atoms with Crippen LogP contribution in [0.3, 0.4) is 0 Å². The highest BCUT2D eigenvalue weighted by Gasteiger charge is 2.14. The van der Waals surface area contributed by atoms with Crippen molar-refractivity contribution in [2.24, 2.45) is 0 Å². The Hall–Kier alpha value is -2.52. The van der Waals surface area contributed by atoms with E-state index in [-0.39, 0.29) is 13.1 Å². The van der Waals surface area contributed by atoms with Crippen LogP contribution in [-0.2, 0) is 19.6 Å². The van der Waals surface area contributed by atoms with Crippen LogP contribution in [0.4, 0.5) is 5.69 Å². The molecule has 9 heteroatoms. The van der Waals surface area contributed by atoms with Crippen LogP contribution in [0, 0.1) is 0 Å². The molecule has 2 amide bonds. The zero-order chi connectivity index (χ0) is 17.6. The molecule has 0 fully saturated rings. The summed E-state index contributed by atoms with van der Waals surface area (Å²) in [5.41, 5.74) is 1.21. The largest absolute Gasteiger partial charge is 0.348 e. The van der Waals surface area contributed by atoms with Gasteiger partial charge in [-0.3, -0.25) is 14.6 Å². The molecule has 0 aliphatic carbocycles. The zero-order valence-corrected chi connectivity index (χ0v) is 13.9. The number of aromatic nitrogens is 1. The van der Waals surface area contributed by atoms with Crippen molar-refractivity contribution >= 4 is 38.4 Å². The van der Waals surface area contributed by atoms with Crippen molar-refractivity contribution in [3.05, 3.63) is 36.5 Å². The van der Waals surface area contributed by atoms with Crippen LogP contribution in [0.2, 0.25) is 0 Å². The quantitative estimate of drug-likeness (QED) is 0.509. The number of fused-ring (bicyclic) bond motifs is 1. The molecule has 0 saturated carbocycles. The molecular formula is C15H18N4O4S. The summed E-state index contributed by atoms with van der Waals surface area (Å²) < 4.78 is 24.1. The van der Waals surface area contributed by atoms with Crippen LogP contribution in [-0.4, -0.2) is 44.6 Å². The molecule has 0 saturated heterocycles. The molecule has 0 aliphatic rings. The maximum atomic E-state index is 11.9. The van der Waals surface area contributed by atoms with E-state index in [1.54, 1.807) is 36.5 Å². The maximum absolute atomic E-state index is 11.9. The summed E-state index contributed by atoms with van der Waals surface area (Å²) in [6.07, 6.45) is 3.08. The highest BCUT2D eigenvalue weighted by Crippen LogP contribution is 2.20. The lowest BCUT2D eigenvalue weighted by atomic mass is 10.2. The molecule has 0 unspecified atom stereocenters. The van der Waals surface area contributed by atoms with Crippen molar-refractivity contribution in [3.63, 3.8) is 0 Å². The SMILES string of the molecule is CS(=O)(=O)NCCCNC(=O)C(=O)Nc1cccc2ncccc12. The molecule has 0 atom stereocenters. The lowest BCUT2D eigenvalue weighted by molar-refractivity contribution is -0.136. The van der Waals surface area contributed by atoms with Crippen molar-refractivity contribution in [2.45, 2.75) is 6.42 Å². The Morgan fingerprint density at radius 1 is 1.08 bits per heavy atom. The first kappa shape index (κ1) is 17.8. The third-order valence-corrected chi connectivity index (χ3v) is 3.83. The minimum absolute atomic E-state index is 0.186. The molecule has 0 radical (unpaired) electrons. The number of nitrogens with zero attached hydrogens (tertiary/aromatic N) is 1. The molecule has 0 aliphatic heterocycles. The molecule has 0 bridgehead atoms. The normalized spacial score (nSPS) is 11.2. The molecule has 0 spiro atoms. The van der Waals surface area contributed by atoms with Gasteiger partial charge in [0.15, 0.2) is 0 Å². The second-order valence-corrected chi connectivity index (χ2v) is 6.94. The molecule has 3 N–H and O–H groups in total. The van der Waals surface area contributed by atoms with E-state index in [0.29, 0.717) is 17.6 Å². The zero-order valence-electron chi connectivity index (χ0n) is 13.1. The second-order valence-electron chi connectivity index (χ2n) is 5.11. The Morgan fingerprint density at radius 3 is 2.62 bits per heavy atom. The predicted octanol–water partition coefficient (Wildman–Crippen LogP) is 0.229. The number of benzene rings is 1. The van der Waals surface area contributed by atoms with E-state index in [0.717, 1.165) is 11.6 Å². The first-order valence-corrected chi connectivity index (χ1v) is 9.13. The molecule has 1 heterocycles. The summed E-state index contributed by atoms with van der Waals surface area (Å²) in [6, 6.07) is 8.77. The minimum Gasteiger partial charge on any atom is -0.348 e. The average Bonchev–Trinajstić information content (AvgIpc) is 2.53. The molecule has 1 aromatic heterocycles. The lowest BCUT2D eigenvalue weighted by Gasteiger charge is -2.09. The molecular weight excluding hydrogens is 332 g/mol. The van der Waals surface area contributed by atoms with Gasteiger partial charge >= 0.3 is 11.8 Å². The minimum atomic E-state index is -3.25. The van der Waals surface area contributed by atoms with Gasteiger partial charge in [0.05, 0.1) is 17.5 Å². The number of sulfonamides is 1. The monoisotopic (exact) mass is 350 g/mol. The van der Waals surface area contributed by atoms with Gasteiger partial charge in [0.25, 0.3) is 0 Å². The number of nitrogens with one attached hydrogen (secondary N) is 3. The van der Waals surface area contributed by atoms with Gasteiger partial charge < -0.3 is 10.6 Å². The van der Waals surface area contributed by atoms with Gasteiger partial charge in [0.2, 0.25) is 10.0 Å². The standard InChI is InChI=1S/C15H18N4O4S/c1-24(22,23)18-10-4-9-17-14(20)15(21)19-13-7-2-6-12-11(13)5-3-8-16-12/h2-3,5-8,18H,4,9-10H2,1H3,(H,17,20)(H,19,21). The predicted molar refractivity (Wildman–Crippen MR) is 90.8 cm³/mol. The van der Waals surface area contributed by atoms with Gasteiger partial charge in [0.1, 0.15) is 0 Å². The Morgan fingerprint density at radius 2 is 1.88 bits per heavy atom. The Balaban J connectivity index is 1.86. The van der Waals surface area contributed by atoms with E-state index in [1.165, 1.54) is 0 Å². The molecule has 8 nitrogen and oxygen atoms in total. The van der Waals surface area contributed by atoms with E-state index in [9.17, 15) is 18.0 Å². The fourth-order valence-electron chi connectivity index (χ4n) is 2.02. The number of pyridine rings is 1. The number of hydrogen-bond acceptors (Lipinski definition) is 5. The summed E-state index contributed by atoms with van der Waals surface area (Å²) in [6.45, 7) is 0.377.